The van der Waals surface area contributed by atoms with E-state index in [0.29, 0.717) is 25.9 Å². The molecule has 0 saturated carbocycles. The Morgan fingerprint density at radius 1 is 1.30 bits per heavy atom. The molecule has 8 heteroatoms. The minimum absolute atomic E-state index is 0.0310. The number of sulfonamides is 1. The molecule has 2 aromatic rings. The zero-order valence-electron chi connectivity index (χ0n) is 15.3. The van der Waals surface area contributed by atoms with Gasteiger partial charge in [0, 0.05) is 37.9 Å². The zero-order valence-corrected chi connectivity index (χ0v) is 16.2. The van der Waals surface area contributed by atoms with Gasteiger partial charge in [-0.25, -0.2) is 8.42 Å². The van der Waals surface area contributed by atoms with Crippen molar-refractivity contribution in [3.05, 3.63) is 49.2 Å². The number of amides is 1. The normalized spacial score (nSPS) is 18.6. The van der Waals surface area contributed by atoms with Crippen molar-refractivity contribution in [1.82, 2.24) is 19.4 Å². The standard InChI is InChI=1S/C19H24N4O3S/c1-3-19(24)21-16-7-5-12-23(13-10-16)27(25,26)17-8-4-6-15(14-17)18-9-11-20-22(18)2/h3-4,6,8-9,11,14,16H,1,5,7,10,12-13H2,2H3,(H,21,24). The highest BCUT2D eigenvalue weighted by Crippen LogP contribution is 2.25. The minimum atomic E-state index is -3.60. The van der Waals surface area contributed by atoms with Gasteiger partial charge in [-0.05, 0) is 43.5 Å². The van der Waals surface area contributed by atoms with Crippen molar-refractivity contribution in [1.29, 1.82) is 0 Å². The number of carbonyl (C=O) groups is 1. The van der Waals surface area contributed by atoms with Gasteiger partial charge in [0.05, 0.1) is 10.6 Å². The summed E-state index contributed by atoms with van der Waals surface area (Å²) in [4.78, 5) is 11.8. The van der Waals surface area contributed by atoms with Crippen LogP contribution in [0.2, 0.25) is 0 Å². The van der Waals surface area contributed by atoms with Gasteiger partial charge in [-0.1, -0.05) is 18.7 Å². The second-order valence-corrected chi connectivity index (χ2v) is 8.55. The quantitative estimate of drug-likeness (QED) is 0.794. The predicted molar refractivity (Wildman–Crippen MR) is 103 cm³/mol. The maximum atomic E-state index is 13.1. The number of nitrogens with zero attached hydrogens (tertiary/aromatic N) is 3. The van der Waals surface area contributed by atoms with Gasteiger partial charge in [0.25, 0.3) is 0 Å². The van der Waals surface area contributed by atoms with E-state index < -0.39 is 10.0 Å². The van der Waals surface area contributed by atoms with Crippen LogP contribution in [0.4, 0.5) is 0 Å². The number of rotatable bonds is 5. The average Bonchev–Trinajstić information content (AvgIpc) is 2.95. The Morgan fingerprint density at radius 3 is 2.81 bits per heavy atom. The molecule has 0 bridgehead atoms. The molecule has 1 amide bonds. The van der Waals surface area contributed by atoms with Crippen molar-refractivity contribution >= 4 is 15.9 Å². The summed E-state index contributed by atoms with van der Waals surface area (Å²) in [5, 5.41) is 7.01. The van der Waals surface area contributed by atoms with Crippen molar-refractivity contribution in [3.8, 4) is 11.3 Å². The van der Waals surface area contributed by atoms with Crippen LogP contribution < -0.4 is 5.32 Å². The number of benzene rings is 1. The first-order valence-corrected chi connectivity index (χ1v) is 10.4. The van der Waals surface area contributed by atoms with E-state index in [-0.39, 0.29) is 16.8 Å². The molecule has 1 aliphatic rings. The van der Waals surface area contributed by atoms with Gasteiger partial charge in [0.15, 0.2) is 0 Å². The molecule has 1 atom stereocenters. The lowest BCUT2D eigenvalue weighted by atomic mass is 10.1. The molecule has 144 valence electrons. The molecule has 2 heterocycles. The smallest absolute Gasteiger partial charge is 0.243 e. The summed E-state index contributed by atoms with van der Waals surface area (Å²) in [5.41, 5.74) is 1.66. The maximum Gasteiger partial charge on any atom is 0.243 e. The molecule has 3 rings (SSSR count). The maximum absolute atomic E-state index is 13.1. The van der Waals surface area contributed by atoms with Crippen LogP contribution in [0.25, 0.3) is 11.3 Å². The Kier molecular flexibility index (Phi) is 5.76. The molecule has 1 aromatic carbocycles. The molecule has 27 heavy (non-hydrogen) atoms. The van der Waals surface area contributed by atoms with E-state index >= 15 is 0 Å². The second kappa shape index (κ2) is 8.06. The minimum Gasteiger partial charge on any atom is -0.350 e. The summed E-state index contributed by atoms with van der Waals surface area (Å²) in [6, 6.07) is 8.76. The fourth-order valence-electron chi connectivity index (χ4n) is 3.34. The van der Waals surface area contributed by atoms with Crippen LogP contribution >= 0.6 is 0 Å². The van der Waals surface area contributed by atoms with Crippen LogP contribution in [-0.2, 0) is 21.9 Å². The molecular weight excluding hydrogens is 364 g/mol. The van der Waals surface area contributed by atoms with Gasteiger partial charge in [0.1, 0.15) is 0 Å². The highest BCUT2D eigenvalue weighted by atomic mass is 32.2. The third kappa shape index (κ3) is 4.28. The lowest BCUT2D eigenvalue weighted by Crippen LogP contribution is -2.36. The number of aromatic nitrogens is 2. The van der Waals surface area contributed by atoms with Crippen molar-refractivity contribution in [3.63, 3.8) is 0 Å². The molecule has 0 radical (unpaired) electrons. The summed E-state index contributed by atoms with van der Waals surface area (Å²) in [7, 11) is -1.78. The Hall–Kier alpha value is -2.45. The summed E-state index contributed by atoms with van der Waals surface area (Å²) >= 11 is 0. The van der Waals surface area contributed by atoms with Gasteiger partial charge >= 0.3 is 0 Å². The van der Waals surface area contributed by atoms with E-state index in [1.54, 1.807) is 29.1 Å². The van der Waals surface area contributed by atoms with Gasteiger partial charge in [-0.2, -0.15) is 9.40 Å². The molecular formula is C19H24N4O3S. The fourth-order valence-corrected chi connectivity index (χ4v) is 4.88. The van der Waals surface area contributed by atoms with E-state index in [9.17, 15) is 13.2 Å². The van der Waals surface area contributed by atoms with E-state index in [4.69, 9.17) is 0 Å². The number of aryl methyl sites for hydroxylation is 1. The highest BCUT2D eigenvalue weighted by molar-refractivity contribution is 7.89. The first kappa shape index (κ1) is 19.3. The van der Waals surface area contributed by atoms with Crippen LogP contribution in [0.1, 0.15) is 19.3 Å². The third-order valence-electron chi connectivity index (χ3n) is 4.81. The van der Waals surface area contributed by atoms with Gasteiger partial charge in [0.2, 0.25) is 15.9 Å². The number of carbonyl (C=O) groups excluding carboxylic acids is 1. The molecule has 0 spiro atoms. The molecule has 1 unspecified atom stereocenters. The van der Waals surface area contributed by atoms with Gasteiger partial charge in [-0.3, -0.25) is 9.48 Å². The lowest BCUT2D eigenvalue weighted by molar-refractivity contribution is -0.117. The SMILES string of the molecule is C=CC(=O)NC1CCCN(S(=O)(=O)c2cccc(-c3ccnn3C)c2)CC1. The molecule has 1 saturated heterocycles. The zero-order chi connectivity index (χ0) is 19.4. The van der Waals surface area contributed by atoms with E-state index in [1.807, 2.05) is 19.2 Å². The van der Waals surface area contributed by atoms with Crippen LogP contribution in [0.15, 0.2) is 54.1 Å². The Morgan fingerprint density at radius 2 is 2.11 bits per heavy atom. The van der Waals surface area contributed by atoms with Gasteiger partial charge in [-0.15, -0.1) is 0 Å². The second-order valence-electron chi connectivity index (χ2n) is 6.61. The molecule has 1 aromatic heterocycles. The number of hydrogen-bond acceptors (Lipinski definition) is 4. The summed E-state index contributed by atoms with van der Waals surface area (Å²) in [6.45, 7) is 4.27. The molecule has 7 nitrogen and oxygen atoms in total. The first-order chi connectivity index (χ1) is 12.9. The van der Waals surface area contributed by atoms with Crippen molar-refractivity contribution in [2.75, 3.05) is 13.1 Å². The molecule has 1 N–H and O–H groups in total. The predicted octanol–water partition coefficient (Wildman–Crippen LogP) is 1.93. The van der Waals surface area contributed by atoms with Crippen LogP contribution in [-0.4, -0.2) is 47.5 Å². The Labute approximate surface area is 159 Å². The fraction of sp³-hybridized carbons (Fsp3) is 0.368. The van der Waals surface area contributed by atoms with E-state index in [1.165, 1.54) is 10.4 Å². The lowest BCUT2D eigenvalue weighted by Gasteiger charge is -2.21. The third-order valence-corrected chi connectivity index (χ3v) is 6.70. The van der Waals surface area contributed by atoms with Crippen molar-refractivity contribution < 1.29 is 13.2 Å². The first-order valence-electron chi connectivity index (χ1n) is 8.93. The monoisotopic (exact) mass is 388 g/mol. The van der Waals surface area contributed by atoms with Crippen molar-refractivity contribution in [2.45, 2.75) is 30.2 Å². The van der Waals surface area contributed by atoms with Gasteiger partial charge < -0.3 is 5.32 Å². The van der Waals surface area contributed by atoms with E-state index in [0.717, 1.165) is 17.7 Å². The number of nitrogens with one attached hydrogen (secondary N) is 1. The Bertz CT molecular complexity index is 936. The van der Waals surface area contributed by atoms with Crippen LogP contribution in [0.5, 0.6) is 0 Å². The topological polar surface area (TPSA) is 84.3 Å². The van der Waals surface area contributed by atoms with Crippen LogP contribution in [0.3, 0.4) is 0 Å². The summed E-state index contributed by atoms with van der Waals surface area (Å²) in [5.74, 6) is -0.222. The Balaban J connectivity index is 1.79. The molecule has 0 aliphatic carbocycles. The molecule has 1 fully saturated rings. The summed E-state index contributed by atoms with van der Waals surface area (Å²) < 4.78 is 29.5. The molecule has 1 aliphatic heterocycles. The highest BCUT2D eigenvalue weighted by Gasteiger charge is 2.28. The number of hydrogen-bond donors (Lipinski definition) is 1. The van der Waals surface area contributed by atoms with E-state index in [2.05, 4.69) is 17.0 Å². The largest absolute Gasteiger partial charge is 0.350 e. The van der Waals surface area contributed by atoms with Crippen molar-refractivity contribution in [2.24, 2.45) is 7.05 Å². The summed E-state index contributed by atoms with van der Waals surface area (Å²) in [6.07, 6.45) is 4.95. The van der Waals surface area contributed by atoms with Crippen LogP contribution in [0, 0.1) is 0 Å². The average molecular weight is 388 g/mol.